The standard InChI is InChI=1S/C30H34IN5O9/c31-20-9-7-19(8-10-20)4-3-6-23(37)32-16-2-1-5-21(30(44)45)33-25(39)18-22(36-28(42)13-14-29(36)43)34-24(38)15-17-35-26(40)11-12-27(35)41/h7-14,21-22H,1-6,15-18H2,(H,32,37)(H,33,39)(H,34,38)(H,44,45). The molecule has 0 radical (unpaired) electrons. The first-order valence-corrected chi connectivity index (χ1v) is 15.4. The number of carbonyl (C=O) groups is 8. The number of carboxylic acids is 1. The van der Waals surface area contributed by atoms with E-state index >= 15 is 0 Å². The minimum atomic E-state index is -1.44. The van der Waals surface area contributed by atoms with Crippen molar-refractivity contribution in [1.29, 1.82) is 0 Å². The largest absolute Gasteiger partial charge is 0.480 e. The Morgan fingerprint density at radius 2 is 1.38 bits per heavy atom. The maximum absolute atomic E-state index is 12.8. The van der Waals surface area contributed by atoms with Gasteiger partial charge >= 0.3 is 5.97 Å². The number of benzene rings is 1. The number of carbonyl (C=O) groups excluding carboxylic acids is 7. The zero-order valence-corrected chi connectivity index (χ0v) is 26.5. The van der Waals surface area contributed by atoms with Crippen molar-refractivity contribution in [3.8, 4) is 0 Å². The summed E-state index contributed by atoms with van der Waals surface area (Å²) in [6, 6.07) is 6.79. The molecular weight excluding hydrogens is 701 g/mol. The summed E-state index contributed by atoms with van der Waals surface area (Å²) in [5, 5.41) is 17.2. The highest BCUT2D eigenvalue weighted by Gasteiger charge is 2.35. The summed E-state index contributed by atoms with van der Waals surface area (Å²) >= 11 is 2.23. The van der Waals surface area contributed by atoms with Gasteiger partial charge in [-0.2, -0.15) is 0 Å². The number of carboxylic acid groups (broad SMARTS) is 1. The Morgan fingerprint density at radius 1 is 0.756 bits per heavy atom. The van der Waals surface area contributed by atoms with Crippen molar-refractivity contribution in [1.82, 2.24) is 25.8 Å². The lowest BCUT2D eigenvalue weighted by Gasteiger charge is -2.27. The average molecular weight is 736 g/mol. The molecule has 2 heterocycles. The van der Waals surface area contributed by atoms with E-state index in [1.165, 1.54) is 0 Å². The highest BCUT2D eigenvalue weighted by atomic mass is 127. The topological polar surface area (TPSA) is 199 Å². The van der Waals surface area contributed by atoms with E-state index in [1.807, 2.05) is 24.3 Å². The number of aryl methyl sites for hydroxylation is 1. The molecule has 0 aromatic heterocycles. The number of rotatable bonds is 18. The van der Waals surface area contributed by atoms with Crippen LogP contribution in [0.4, 0.5) is 0 Å². The molecule has 15 heteroatoms. The molecular formula is C30H34IN5O9. The zero-order valence-electron chi connectivity index (χ0n) is 24.3. The summed E-state index contributed by atoms with van der Waals surface area (Å²) < 4.78 is 1.14. The van der Waals surface area contributed by atoms with Gasteiger partial charge in [0.15, 0.2) is 0 Å². The van der Waals surface area contributed by atoms with Crippen molar-refractivity contribution < 1.29 is 43.5 Å². The van der Waals surface area contributed by atoms with Crippen molar-refractivity contribution in [3.63, 3.8) is 0 Å². The fraction of sp³-hybridized carbons (Fsp3) is 0.400. The van der Waals surface area contributed by atoms with E-state index in [-0.39, 0.29) is 25.3 Å². The lowest BCUT2D eigenvalue weighted by atomic mass is 10.1. The third-order valence-corrected chi connectivity index (χ3v) is 7.70. The number of unbranched alkanes of at least 4 members (excludes halogenated alkanes) is 1. The lowest BCUT2D eigenvalue weighted by molar-refractivity contribution is -0.145. The van der Waals surface area contributed by atoms with Crippen molar-refractivity contribution in [2.45, 2.75) is 63.6 Å². The molecule has 4 N–H and O–H groups in total. The summed E-state index contributed by atoms with van der Waals surface area (Å²) in [7, 11) is 0. The Balaban J connectivity index is 1.43. The van der Waals surface area contributed by atoms with Crippen LogP contribution < -0.4 is 16.0 Å². The first-order chi connectivity index (χ1) is 21.4. The summed E-state index contributed by atoms with van der Waals surface area (Å²) in [6.45, 7) is 0.0813. The smallest absolute Gasteiger partial charge is 0.326 e. The van der Waals surface area contributed by atoms with Gasteiger partial charge in [-0.05, 0) is 72.4 Å². The number of hydrogen-bond donors (Lipinski definition) is 4. The Morgan fingerprint density at radius 3 is 2.00 bits per heavy atom. The molecule has 0 aliphatic carbocycles. The summed E-state index contributed by atoms with van der Waals surface area (Å²) in [5.41, 5.74) is 1.15. The molecule has 3 rings (SSSR count). The van der Waals surface area contributed by atoms with Gasteiger partial charge in [0.2, 0.25) is 17.7 Å². The molecule has 240 valence electrons. The summed E-state index contributed by atoms with van der Waals surface area (Å²) in [5.74, 6) is -5.73. The normalized spacial score (nSPS) is 15.4. The minimum absolute atomic E-state index is 0.0514. The van der Waals surface area contributed by atoms with Crippen LogP contribution in [-0.2, 0) is 44.8 Å². The molecule has 1 aromatic rings. The van der Waals surface area contributed by atoms with Crippen LogP contribution in [0, 0.1) is 3.57 Å². The molecule has 2 aliphatic heterocycles. The number of halogens is 1. The van der Waals surface area contributed by atoms with Crippen molar-refractivity contribution in [2.75, 3.05) is 13.1 Å². The molecule has 45 heavy (non-hydrogen) atoms. The molecule has 0 fully saturated rings. The van der Waals surface area contributed by atoms with Crippen LogP contribution in [0.3, 0.4) is 0 Å². The molecule has 14 nitrogen and oxygen atoms in total. The monoisotopic (exact) mass is 735 g/mol. The molecule has 2 unspecified atom stereocenters. The molecule has 0 saturated heterocycles. The fourth-order valence-electron chi connectivity index (χ4n) is 4.63. The molecule has 0 spiro atoms. The number of nitrogens with one attached hydrogen (secondary N) is 3. The van der Waals surface area contributed by atoms with Gasteiger partial charge in [-0.15, -0.1) is 0 Å². The van der Waals surface area contributed by atoms with Crippen LogP contribution in [0.25, 0.3) is 0 Å². The summed E-state index contributed by atoms with van der Waals surface area (Å²) in [6.07, 6.45) is 4.36. The van der Waals surface area contributed by atoms with Crippen molar-refractivity contribution in [3.05, 3.63) is 57.7 Å². The van der Waals surface area contributed by atoms with Crippen LogP contribution in [0.15, 0.2) is 48.6 Å². The lowest BCUT2D eigenvalue weighted by Crippen LogP contribution is -2.54. The van der Waals surface area contributed by atoms with Crippen molar-refractivity contribution in [2.24, 2.45) is 0 Å². The van der Waals surface area contributed by atoms with Gasteiger partial charge in [0.1, 0.15) is 12.2 Å². The number of hydrogen-bond acceptors (Lipinski definition) is 8. The molecule has 0 saturated carbocycles. The van der Waals surface area contributed by atoms with Crippen molar-refractivity contribution >= 4 is 69.9 Å². The second-order valence-corrected chi connectivity index (χ2v) is 11.6. The van der Waals surface area contributed by atoms with E-state index in [9.17, 15) is 43.5 Å². The van der Waals surface area contributed by atoms with E-state index in [0.717, 1.165) is 44.8 Å². The number of imide groups is 2. The van der Waals surface area contributed by atoms with Crippen LogP contribution in [0.2, 0.25) is 0 Å². The SMILES string of the molecule is O=C(CCCc1ccc(I)cc1)NCCCCC(NC(=O)CC(NC(=O)CCN1C(=O)C=CC1=O)N1C(=O)C=CC1=O)C(=O)O. The summed E-state index contributed by atoms with van der Waals surface area (Å²) in [4.78, 5) is 98.8. The first-order valence-electron chi connectivity index (χ1n) is 14.4. The van der Waals surface area contributed by atoms with Gasteiger partial charge in [0.25, 0.3) is 23.6 Å². The van der Waals surface area contributed by atoms with E-state index in [4.69, 9.17) is 0 Å². The molecule has 7 amide bonds. The van der Waals surface area contributed by atoms with Gasteiger partial charge < -0.3 is 21.1 Å². The van der Waals surface area contributed by atoms with Gasteiger partial charge in [-0.25, -0.2) is 4.79 Å². The average Bonchev–Trinajstić information content (AvgIpc) is 3.50. The molecule has 1 aromatic carbocycles. The predicted octanol–water partition coefficient (Wildman–Crippen LogP) is 0.542. The minimum Gasteiger partial charge on any atom is -0.480 e. The van der Waals surface area contributed by atoms with E-state index in [1.54, 1.807) is 0 Å². The Hall–Kier alpha value is -4.41. The van der Waals surface area contributed by atoms with Crippen LogP contribution in [0.1, 0.15) is 50.5 Å². The first kappa shape index (κ1) is 35.1. The highest BCUT2D eigenvalue weighted by Crippen LogP contribution is 2.13. The second-order valence-electron chi connectivity index (χ2n) is 10.4. The fourth-order valence-corrected chi connectivity index (χ4v) is 4.99. The molecule has 2 atom stereocenters. The quantitative estimate of drug-likeness (QED) is 0.0945. The number of amides is 7. The Kier molecular flexibility index (Phi) is 13.4. The number of aliphatic carboxylic acids is 1. The van der Waals surface area contributed by atoms with Gasteiger partial charge in [0, 0.05) is 53.8 Å². The van der Waals surface area contributed by atoms with Gasteiger partial charge in [-0.1, -0.05) is 12.1 Å². The zero-order chi connectivity index (χ0) is 32.9. The Bertz CT molecular complexity index is 1360. The third kappa shape index (κ3) is 11.2. The van der Waals surface area contributed by atoms with Crippen LogP contribution in [-0.4, -0.2) is 87.5 Å². The van der Waals surface area contributed by atoms with E-state index in [0.29, 0.717) is 37.1 Å². The van der Waals surface area contributed by atoms with Crippen LogP contribution in [0.5, 0.6) is 0 Å². The van der Waals surface area contributed by atoms with E-state index < -0.39 is 60.0 Å². The predicted molar refractivity (Wildman–Crippen MR) is 167 cm³/mol. The van der Waals surface area contributed by atoms with Gasteiger partial charge in [-0.3, -0.25) is 43.4 Å². The molecule has 0 bridgehead atoms. The third-order valence-electron chi connectivity index (χ3n) is 6.98. The van der Waals surface area contributed by atoms with E-state index in [2.05, 4.69) is 38.5 Å². The maximum Gasteiger partial charge on any atom is 0.326 e. The second kappa shape index (κ2) is 17.2. The van der Waals surface area contributed by atoms with Gasteiger partial charge in [0.05, 0.1) is 6.42 Å². The number of nitrogens with zero attached hydrogens (tertiary/aromatic N) is 2. The van der Waals surface area contributed by atoms with Crippen LogP contribution >= 0.6 is 22.6 Å². The highest BCUT2D eigenvalue weighted by molar-refractivity contribution is 14.1. The molecule has 2 aliphatic rings. The maximum atomic E-state index is 12.8. The Labute approximate surface area is 272 Å².